The monoisotopic (exact) mass is 265 g/mol. The molecule has 0 aliphatic heterocycles. The number of aryl methyl sites for hydroxylation is 1. The van der Waals surface area contributed by atoms with Gasteiger partial charge in [0.2, 0.25) is 0 Å². The van der Waals surface area contributed by atoms with Gasteiger partial charge in [-0.1, -0.05) is 6.92 Å². The fourth-order valence-corrected chi connectivity index (χ4v) is 2.04. The van der Waals surface area contributed by atoms with Crippen molar-refractivity contribution in [2.75, 3.05) is 6.54 Å². The molecule has 104 valence electrons. The zero-order chi connectivity index (χ0) is 14.0. The van der Waals surface area contributed by atoms with Crippen LogP contribution in [0.1, 0.15) is 25.3 Å². The van der Waals surface area contributed by atoms with Crippen LogP contribution in [0.15, 0.2) is 17.1 Å². The fraction of sp³-hybridized carbons (Fsp3) is 0.615. The summed E-state index contributed by atoms with van der Waals surface area (Å²) in [5.41, 5.74) is 0.235. The highest BCUT2D eigenvalue weighted by atomic mass is 16.6. The summed E-state index contributed by atoms with van der Waals surface area (Å²) in [6.07, 6.45) is 3.80. The third-order valence-corrected chi connectivity index (χ3v) is 3.34. The predicted molar refractivity (Wildman–Crippen MR) is 72.3 cm³/mol. The first kappa shape index (κ1) is 13.7. The first-order valence-corrected chi connectivity index (χ1v) is 6.56. The molecular formula is C13H19N3O3. The molecule has 0 bridgehead atoms. The number of nitrogens with one attached hydrogen (secondary N) is 1. The van der Waals surface area contributed by atoms with E-state index in [1.54, 1.807) is 6.92 Å². The average molecular weight is 265 g/mol. The smallest absolute Gasteiger partial charge is 0.288 e. The molecular weight excluding hydrogens is 246 g/mol. The Morgan fingerprint density at radius 3 is 2.84 bits per heavy atom. The van der Waals surface area contributed by atoms with Crippen LogP contribution in [0.25, 0.3) is 0 Å². The number of aromatic nitrogens is 1. The lowest BCUT2D eigenvalue weighted by Gasteiger charge is -2.14. The minimum atomic E-state index is -0.446. The molecule has 19 heavy (non-hydrogen) atoms. The highest BCUT2D eigenvalue weighted by Crippen LogP contribution is 2.19. The SMILES string of the molecule is Cc1cc(=O)n(CC(C)CNC2CC2)cc1[N+](=O)[O-]. The van der Waals surface area contributed by atoms with Gasteiger partial charge in [-0.15, -0.1) is 0 Å². The largest absolute Gasteiger partial charge is 0.314 e. The number of nitrogens with zero attached hydrogens (tertiary/aromatic N) is 2. The molecule has 0 aromatic carbocycles. The molecule has 1 unspecified atom stereocenters. The lowest BCUT2D eigenvalue weighted by atomic mass is 10.1. The Kier molecular flexibility index (Phi) is 3.99. The van der Waals surface area contributed by atoms with Crippen molar-refractivity contribution in [3.63, 3.8) is 0 Å². The van der Waals surface area contributed by atoms with Gasteiger partial charge in [0.15, 0.2) is 0 Å². The average Bonchev–Trinajstić information content (AvgIpc) is 3.13. The third kappa shape index (κ3) is 3.64. The number of rotatable bonds is 6. The maximum Gasteiger partial charge on any atom is 0.288 e. The molecule has 0 amide bonds. The van der Waals surface area contributed by atoms with E-state index >= 15 is 0 Å². The van der Waals surface area contributed by atoms with Crippen LogP contribution < -0.4 is 10.9 Å². The molecule has 1 N–H and O–H groups in total. The molecule has 0 spiro atoms. The zero-order valence-electron chi connectivity index (χ0n) is 11.3. The summed E-state index contributed by atoms with van der Waals surface area (Å²) in [5.74, 6) is 0.264. The van der Waals surface area contributed by atoms with E-state index in [1.165, 1.54) is 29.7 Å². The third-order valence-electron chi connectivity index (χ3n) is 3.34. The van der Waals surface area contributed by atoms with Crippen LogP contribution in [0.4, 0.5) is 5.69 Å². The predicted octanol–water partition coefficient (Wildman–Crippen LogP) is 1.45. The van der Waals surface area contributed by atoms with Crippen LogP contribution in [0, 0.1) is 23.0 Å². The van der Waals surface area contributed by atoms with Crippen LogP contribution in [0.3, 0.4) is 0 Å². The van der Waals surface area contributed by atoms with Crippen LogP contribution in [0.2, 0.25) is 0 Å². The van der Waals surface area contributed by atoms with Crippen molar-refractivity contribution < 1.29 is 4.92 Å². The van der Waals surface area contributed by atoms with Crippen LogP contribution in [0.5, 0.6) is 0 Å². The van der Waals surface area contributed by atoms with Crippen molar-refractivity contribution in [3.8, 4) is 0 Å². The number of pyridine rings is 1. The maximum absolute atomic E-state index is 11.8. The zero-order valence-corrected chi connectivity index (χ0v) is 11.3. The first-order valence-electron chi connectivity index (χ1n) is 6.56. The van der Waals surface area contributed by atoms with Gasteiger partial charge in [0, 0.05) is 24.2 Å². The molecule has 6 heteroatoms. The lowest BCUT2D eigenvalue weighted by molar-refractivity contribution is -0.385. The standard InChI is InChI=1S/C13H19N3O3/c1-9(6-14-11-3-4-11)7-15-8-12(16(18)19)10(2)5-13(15)17/h5,8-9,11,14H,3-4,6-7H2,1-2H3. The second-order valence-electron chi connectivity index (χ2n) is 5.38. The summed E-state index contributed by atoms with van der Waals surface area (Å²) in [5, 5.41) is 14.3. The van der Waals surface area contributed by atoms with Gasteiger partial charge in [-0.3, -0.25) is 14.9 Å². The topological polar surface area (TPSA) is 77.2 Å². The molecule has 1 fully saturated rings. The van der Waals surface area contributed by atoms with E-state index in [2.05, 4.69) is 5.32 Å². The molecule has 1 heterocycles. The molecule has 0 radical (unpaired) electrons. The second kappa shape index (κ2) is 5.52. The quantitative estimate of drug-likeness (QED) is 0.624. The number of nitro groups is 1. The number of hydrogen-bond donors (Lipinski definition) is 1. The van der Waals surface area contributed by atoms with Gasteiger partial charge in [0.05, 0.1) is 11.1 Å². The van der Waals surface area contributed by atoms with Crippen molar-refractivity contribution in [2.24, 2.45) is 5.92 Å². The molecule has 1 atom stereocenters. The lowest BCUT2D eigenvalue weighted by Crippen LogP contribution is -2.29. The summed E-state index contributed by atoms with van der Waals surface area (Å²) < 4.78 is 1.43. The van der Waals surface area contributed by atoms with E-state index in [1.807, 2.05) is 6.92 Å². The Bertz CT molecular complexity index is 534. The summed E-state index contributed by atoms with van der Waals surface area (Å²) in [6, 6.07) is 1.96. The van der Waals surface area contributed by atoms with Crippen LogP contribution in [-0.4, -0.2) is 22.1 Å². The minimum absolute atomic E-state index is 0.00181. The molecule has 1 saturated carbocycles. The Balaban J connectivity index is 2.07. The van der Waals surface area contributed by atoms with Crippen molar-refractivity contribution in [3.05, 3.63) is 38.3 Å². The minimum Gasteiger partial charge on any atom is -0.314 e. The van der Waals surface area contributed by atoms with E-state index in [4.69, 9.17) is 0 Å². The molecule has 1 aliphatic rings. The first-order chi connectivity index (χ1) is 8.97. The summed E-state index contributed by atoms with van der Waals surface area (Å²) in [6.45, 7) is 4.95. The van der Waals surface area contributed by atoms with Gasteiger partial charge in [0.25, 0.3) is 11.2 Å². The van der Waals surface area contributed by atoms with Crippen LogP contribution in [-0.2, 0) is 6.54 Å². The van der Waals surface area contributed by atoms with Crippen molar-refractivity contribution in [1.82, 2.24) is 9.88 Å². The van der Waals surface area contributed by atoms with Gasteiger partial charge in [-0.2, -0.15) is 0 Å². The molecule has 1 aromatic heterocycles. The molecule has 1 aromatic rings. The van der Waals surface area contributed by atoms with Crippen molar-refractivity contribution in [2.45, 2.75) is 39.3 Å². The summed E-state index contributed by atoms with van der Waals surface area (Å²) in [4.78, 5) is 22.2. The van der Waals surface area contributed by atoms with Gasteiger partial charge in [-0.25, -0.2) is 0 Å². The van der Waals surface area contributed by atoms with Gasteiger partial charge >= 0.3 is 0 Å². The Morgan fingerprint density at radius 2 is 2.26 bits per heavy atom. The van der Waals surface area contributed by atoms with E-state index in [9.17, 15) is 14.9 Å². The molecule has 0 saturated heterocycles. The normalized spacial score (nSPS) is 16.3. The fourth-order valence-electron chi connectivity index (χ4n) is 2.04. The van der Waals surface area contributed by atoms with Gasteiger partial charge in [0.1, 0.15) is 0 Å². The maximum atomic E-state index is 11.8. The van der Waals surface area contributed by atoms with Gasteiger partial charge in [-0.05, 0) is 32.2 Å². The molecule has 2 rings (SSSR count). The highest BCUT2D eigenvalue weighted by molar-refractivity contribution is 5.35. The van der Waals surface area contributed by atoms with E-state index in [-0.39, 0.29) is 17.2 Å². The Labute approximate surface area is 111 Å². The van der Waals surface area contributed by atoms with Crippen molar-refractivity contribution in [1.29, 1.82) is 0 Å². The molecule has 1 aliphatic carbocycles. The summed E-state index contributed by atoms with van der Waals surface area (Å²) >= 11 is 0. The van der Waals surface area contributed by atoms with E-state index in [0.717, 1.165) is 6.54 Å². The van der Waals surface area contributed by atoms with Gasteiger partial charge < -0.3 is 9.88 Å². The Hall–Kier alpha value is -1.69. The highest BCUT2D eigenvalue weighted by Gasteiger charge is 2.21. The van der Waals surface area contributed by atoms with E-state index < -0.39 is 4.92 Å². The number of hydrogen-bond acceptors (Lipinski definition) is 4. The van der Waals surface area contributed by atoms with E-state index in [0.29, 0.717) is 18.2 Å². The van der Waals surface area contributed by atoms with Crippen LogP contribution >= 0.6 is 0 Å². The molecule has 6 nitrogen and oxygen atoms in total. The Morgan fingerprint density at radius 1 is 1.58 bits per heavy atom. The summed E-state index contributed by atoms with van der Waals surface area (Å²) in [7, 11) is 0. The van der Waals surface area contributed by atoms with Crippen molar-refractivity contribution >= 4 is 5.69 Å². The second-order valence-corrected chi connectivity index (χ2v) is 5.38.